The van der Waals surface area contributed by atoms with E-state index in [9.17, 15) is 4.79 Å². The minimum Gasteiger partial charge on any atom is -0.373 e. The van der Waals surface area contributed by atoms with Gasteiger partial charge in [0, 0.05) is 18.8 Å². The van der Waals surface area contributed by atoms with Crippen molar-refractivity contribution in [2.24, 2.45) is 0 Å². The minimum absolute atomic E-state index is 0.0522. The van der Waals surface area contributed by atoms with E-state index in [1.807, 2.05) is 20.8 Å². The highest BCUT2D eigenvalue weighted by atomic mass is 16.5. The van der Waals surface area contributed by atoms with E-state index in [2.05, 4.69) is 43.1 Å². The van der Waals surface area contributed by atoms with Crippen molar-refractivity contribution in [1.82, 2.24) is 4.90 Å². The SMILES string of the molecule is Cc1cc(C)c(NC(=O)C(C)N2CC(C)OC(C)C2)c(C)c1. The Kier molecular flexibility index (Phi) is 5.24. The molecule has 0 aromatic heterocycles. The maximum Gasteiger partial charge on any atom is 0.241 e. The van der Waals surface area contributed by atoms with Gasteiger partial charge in [0.25, 0.3) is 0 Å². The molecule has 3 atom stereocenters. The molecule has 122 valence electrons. The fourth-order valence-corrected chi connectivity index (χ4v) is 3.30. The molecule has 1 N–H and O–H groups in total. The standard InChI is InChI=1S/C18H28N2O2/c1-11-7-12(2)17(13(3)8-11)19-18(21)16(6)20-9-14(4)22-15(5)10-20/h7-8,14-16H,9-10H2,1-6H3,(H,19,21). The molecule has 0 spiro atoms. The summed E-state index contributed by atoms with van der Waals surface area (Å²) in [5.74, 6) is 0.0522. The van der Waals surface area contributed by atoms with Gasteiger partial charge in [0.2, 0.25) is 5.91 Å². The lowest BCUT2D eigenvalue weighted by Crippen LogP contribution is -2.52. The number of rotatable bonds is 3. The Morgan fingerprint density at radius 1 is 1.18 bits per heavy atom. The second kappa shape index (κ2) is 6.80. The van der Waals surface area contributed by atoms with Crippen LogP contribution in [-0.2, 0) is 9.53 Å². The van der Waals surface area contributed by atoms with Crippen molar-refractivity contribution in [3.8, 4) is 0 Å². The highest BCUT2D eigenvalue weighted by molar-refractivity contribution is 5.96. The highest BCUT2D eigenvalue weighted by Gasteiger charge is 2.29. The molecule has 2 rings (SSSR count). The third kappa shape index (κ3) is 3.87. The maximum absolute atomic E-state index is 12.6. The summed E-state index contributed by atoms with van der Waals surface area (Å²) in [6.07, 6.45) is 0.337. The molecule has 1 amide bonds. The van der Waals surface area contributed by atoms with E-state index in [-0.39, 0.29) is 24.2 Å². The van der Waals surface area contributed by atoms with Crippen molar-refractivity contribution in [2.45, 2.75) is 59.8 Å². The van der Waals surface area contributed by atoms with Crippen LogP contribution in [0.1, 0.15) is 37.5 Å². The number of morpholine rings is 1. The number of benzene rings is 1. The summed E-state index contributed by atoms with van der Waals surface area (Å²) in [5.41, 5.74) is 4.39. The van der Waals surface area contributed by atoms with E-state index in [1.165, 1.54) is 5.56 Å². The van der Waals surface area contributed by atoms with Crippen LogP contribution in [0.4, 0.5) is 5.69 Å². The Labute approximate surface area is 133 Å². The van der Waals surface area contributed by atoms with Gasteiger partial charge in [0.05, 0.1) is 18.2 Å². The van der Waals surface area contributed by atoms with Crippen molar-refractivity contribution in [2.75, 3.05) is 18.4 Å². The van der Waals surface area contributed by atoms with E-state index >= 15 is 0 Å². The monoisotopic (exact) mass is 304 g/mol. The third-order valence-corrected chi connectivity index (χ3v) is 4.30. The number of aryl methyl sites for hydroxylation is 3. The lowest BCUT2D eigenvalue weighted by molar-refractivity contribution is -0.126. The maximum atomic E-state index is 12.6. The number of nitrogens with one attached hydrogen (secondary N) is 1. The normalized spacial score (nSPS) is 24.1. The fraction of sp³-hybridized carbons (Fsp3) is 0.611. The van der Waals surface area contributed by atoms with Crippen LogP contribution in [0.3, 0.4) is 0 Å². The van der Waals surface area contributed by atoms with Crippen molar-refractivity contribution in [1.29, 1.82) is 0 Å². The molecule has 1 aromatic carbocycles. The van der Waals surface area contributed by atoms with Crippen molar-refractivity contribution >= 4 is 11.6 Å². The lowest BCUT2D eigenvalue weighted by Gasteiger charge is -2.38. The molecule has 1 aliphatic heterocycles. The van der Waals surface area contributed by atoms with Gasteiger partial charge in [-0.3, -0.25) is 9.69 Å². The van der Waals surface area contributed by atoms with Crippen LogP contribution in [0.25, 0.3) is 0 Å². The number of hydrogen-bond donors (Lipinski definition) is 1. The van der Waals surface area contributed by atoms with Crippen LogP contribution >= 0.6 is 0 Å². The molecule has 1 fully saturated rings. The summed E-state index contributed by atoms with van der Waals surface area (Å²) in [6.45, 7) is 13.8. The minimum atomic E-state index is -0.158. The van der Waals surface area contributed by atoms with E-state index in [4.69, 9.17) is 4.74 Å². The van der Waals surface area contributed by atoms with Crippen molar-refractivity contribution in [3.63, 3.8) is 0 Å². The number of amides is 1. The molecule has 3 unspecified atom stereocenters. The van der Waals surface area contributed by atoms with Gasteiger partial charge < -0.3 is 10.1 Å². The highest BCUT2D eigenvalue weighted by Crippen LogP contribution is 2.23. The Bertz CT molecular complexity index is 523. The summed E-state index contributed by atoms with van der Waals surface area (Å²) in [4.78, 5) is 14.8. The quantitative estimate of drug-likeness (QED) is 0.933. The molecule has 0 saturated carbocycles. The average Bonchev–Trinajstić information content (AvgIpc) is 2.40. The van der Waals surface area contributed by atoms with E-state index in [0.717, 1.165) is 29.9 Å². The number of carbonyl (C=O) groups is 1. The van der Waals surface area contributed by atoms with Crippen molar-refractivity contribution < 1.29 is 9.53 Å². The zero-order chi connectivity index (χ0) is 16.4. The topological polar surface area (TPSA) is 41.6 Å². The predicted octanol–water partition coefficient (Wildman–Crippen LogP) is 3.05. The number of anilines is 1. The molecule has 1 aliphatic rings. The smallest absolute Gasteiger partial charge is 0.241 e. The van der Waals surface area contributed by atoms with Gasteiger partial charge in [0.15, 0.2) is 0 Å². The molecule has 0 bridgehead atoms. The molecule has 0 aliphatic carbocycles. The van der Waals surface area contributed by atoms with Gasteiger partial charge in [-0.05, 0) is 52.7 Å². The summed E-state index contributed by atoms with van der Waals surface area (Å²) >= 11 is 0. The van der Waals surface area contributed by atoms with Crippen LogP contribution in [0.15, 0.2) is 12.1 Å². The molecule has 1 aromatic rings. The molecule has 0 radical (unpaired) electrons. The second-order valence-electron chi connectivity index (χ2n) is 6.65. The molecular weight excluding hydrogens is 276 g/mol. The van der Waals surface area contributed by atoms with Gasteiger partial charge >= 0.3 is 0 Å². The Morgan fingerprint density at radius 3 is 2.18 bits per heavy atom. The molecule has 4 heteroatoms. The number of hydrogen-bond acceptors (Lipinski definition) is 3. The Hall–Kier alpha value is -1.39. The van der Waals surface area contributed by atoms with Crippen LogP contribution in [-0.4, -0.2) is 42.1 Å². The summed E-state index contributed by atoms with van der Waals surface area (Å²) in [5, 5.41) is 3.11. The van der Waals surface area contributed by atoms with E-state index in [1.54, 1.807) is 0 Å². The Morgan fingerprint density at radius 2 is 1.68 bits per heavy atom. The second-order valence-corrected chi connectivity index (χ2v) is 6.65. The molecule has 1 heterocycles. The summed E-state index contributed by atoms with van der Waals surface area (Å²) in [7, 11) is 0. The van der Waals surface area contributed by atoms with Gasteiger partial charge in [-0.2, -0.15) is 0 Å². The number of carbonyl (C=O) groups excluding carboxylic acids is 1. The Balaban J connectivity index is 2.09. The number of nitrogens with zero attached hydrogens (tertiary/aromatic N) is 1. The van der Waals surface area contributed by atoms with Crippen LogP contribution in [0.5, 0.6) is 0 Å². The zero-order valence-electron chi connectivity index (χ0n) is 14.6. The van der Waals surface area contributed by atoms with Crippen LogP contribution in [0.2, 0.25) is 0 Å². The average molecular weight is 304 g/mol. The summed E-state index contributed by atoms with van der Waals surface area (Å²) < 4.78 is 5.74. The number of ether oxygens (including phenoxy) is 1. The van der Waals surface area contributed by atoms with E-state index < -0.39 is 0 Å². The van der Waals surface area contributed by atoms with Gasteiger partial charge in [-0.25, -0.2) is 0 Å². The van der Waals surface area contributed by atoms with E-state index in [0.29, 0.717) is 0 Å². The largest absolute Gasteiger partial charge is 0.373 e. The van der Waals surface area contributed by atoms with Gasteiger partial charge in [-0.1, -0.05) is 17.7 Å². The van der Waals surface area contributed by atoms with Crippen molar-refractivity contribution in [3.05, 3.63) is 28.8 Å². The first-order valence-corrected chi connectivity index (χ1v) is 8.06. The molecule has 4 nitrogen and oxygen atoms in total. The molecular formula is C18H28N2O2. The fourth-order valence-electron chi connectivity index (χ4n) is 3.30. The summed E-state index contributed by atoms with van der Waals surface area (Å²) in [6, 6.07) is 4.05. The first-order chi connectivity index (χ1) is 10.3. The predicted molar refractivity (Wildman–Crippen MR) is 90.3 cm³/mol. The zero-order valence-corrected chi connectivity index (χ0v) is 14.6. The van der Waals surface area contributed by atoms with Gasteiger partial charge in [0.1, 0.15) is 0 Å². The lowest BCUT2D eigenvalue weighted by atomic mass is 10.0. The first kappa shape index (κ1) is 17.0. The molecule has 1 saturated heterocycles. The van der Waals surface area contributed by atoms with Gasteiger partial charge in [-0.15, -0.1) is 0 Å². The molecule has 22 heavy (non-hydrogen) atoms. The van der Waals surface area contributed by atoms with Crippen LogP contribution < -0.4 is 5.32 Å². The van der Waals surface area contributed by atoms with Crippen LogP contribution in [0, 0.1) is 20.8 Å². The first-order valence-electron chi connectivity index (χ1n) is 8.06. The third-order valence-electron chi connectivity index (χ3n) is 4.30.